The van der Waals surface area contributed by atoms with Crippen LogP contribution in [-0.2, 0) is 9.53 Å². The monoisotopic (exact) mass is 306 g/mol. The highest BCUT2D eigenvalue weighted by Gasteiger charge is 2.21. The van der Waals surface area contributed by atoms with Crippen molar-refractivity contribution >= 4 is 17.7 Å². The minimum absolute atomic E-state index is 0.0144. The van der Waals surface area contributed by atoms with Gasteiger partial charge in [0, 0.05) is 20.1 Å². The highest BCUT2D eigenvalue weighted by Crippen LogP contribution is 2.19. The molecule has 0 saturated carbocycles. The lowest BCUT2D eigenvalue weighted by molar-refractivity contribution is -0.139. The Morgan fingerprint density at radius 3 is 2.52 bits per heavy atom. The first-order valence-corrected chi connectivity index (χ1v) is 5.79. The van der Waals surface area contributed by atoms with E-state index < -0.39 is 41.2 Å². The van der Waals surface area contributed by atoms with Crippen molar-refractivity contribution in [3.8, 4) is 0 Å². The molecule has 6 nitrogen and oxygen atoms in total. The van der Waals surface area contributed by atoms with Crippen LogP contribution >= 0.6 is 0 Å². The minimum Gasteiger partial charge on any atom is -0.480 e. The van der Waals surface area contributed by atoms with E-state index in [1.54, 1.807) is 0 Å². The molecule has 2 amide bonds. The van der Waals surface area contributed by atoms with Gasteiger partial charge in [-0.2, -0.15) is 0 Å². The van der Waals surface area contributed by atoms with Crippen molar-refractivity contribution in [2.75, 3.05) is 19.0 Å². The number of ether oxygens (including phenoxy) is 1. The standard InChI is InChI=1S/C12H13F3N2O4/c1-21-5-4-8(11(18)19)17-12(20)16-7-3-2-6(13)9(14)10(7)15/h2-3,8H,4-5H2,1H3,(H,18,19)(H2,16,17,20). The number of carboxylic acid groups (broad SMARTS) is 1. The van der Waals surface area contributed by atoms with Crippen molar-refractivity contribution in [3.05, 3.63) is 29.6 Å². The summed E-state index contributed by atoms with van der Waals surface area (Å²) in [6.45, 7) is 0.0801. The number of urea groups is 1. The zero-order chi connectivity index (χ0) is 16.0. The Labute approximate surface area is 117 Å². The normalized spacial score (nSPS) is 11.8. The molecule has 1 atom stereocenters. The van der Waals surface area contributed by atoms with Gasteiger partial charge in [0.1, 0.15) is 6.04 Å². The summed E-state index contributed by atoms with van der Waals surface area (Å²) < 4.78 is 43.7. The molecule has 9 heteroatoms. The maximum atomic E-state index is 13.3. The predicted octanol–water partition coefficient (Wildman–Crippen LogP) is 1.72. The molecule has 116 valence electrons. The number of hydrogen-bond donors (Lipinski definition) is 3. The van der Waals surface area contributed by atoms with E-state index in [-0.39, 0.29) is 13.0 Å². The maximum Gasteiger partial charge on any atom is 0.326 e. The first-order valence-electron chi connectivity index (χ1n) is 5.79. The average molecular weight is 306 g/mol. The number of amides is 2. The lowest BCUT2D eigenvalue weighted by atomic mass is 10.2. The van der Waals surface area contributed by atoms with E-state index in [1.807, 2.05) is 10.6 Å². The van der Waals surface area contributed by atoms with Gasteiger partial charge in [0.2, 0.25) is 0 Å². The van der Waals surface area contributed by atoms with Crippen molar-refractivity contribution < 1.29 is 32.6 Å². The first kappa shape index (κ1) is 16.8. The summed E-state index contributed by atoms with van der Waals surface area (Å²) in [6, 6.07) is -0.881. The number of rotatable bonds is 6. The van der Waals surface area contributed by atoms with Crippen LogP contribution in [0.1, 0.15) is 6.42 Å². The molecule has 1 rings (SSSR count). The lowest BCUT2D eigenvalue weighted by Crippen LogP contribution is -2.43. The number of anilines is 1. The van der Waals surface area contributed by atoms with Gasteiger partial charge < -0.3 is 20.5 Å². The summed E-state index contributed by atoms with van der Waals surface area (Å²) in [4.78, 5) is 22.4. The number of carboxylic acids is 1. The van der Waals surface area contributed by atoms with Gasteiger partial charge in [-0.3, -0.25) is 0 Å². The fourth-order valence-electron chi connectivity index (χ4n) is 1.43. The molecular weight excluding hydrogens is 293 g/mol. The van der Waals surface area contributed by atoms with Gasteiger partial charge in [0.15, 0.2) is 17.5 Å². The Hall–Kier alpha value is -2.29. The lowest BCUT2D eigenvalue weighted by Gasteiger charge is -2.15. The maximum absolute atomic E-state index is 13.3. The molecule has 1 aromatic carbocycles. The van der Waals surface area contributed by atoms with E-state index in [2.05, 4.69) is 4.74 Å². The number of hydrogen-bond acceptors (Lipinski definition) is 3. The van der Waals surface area contributed by atoms with Gasteiger partial charge in [-0.15, -0.1) is 0 Å². The molecule has 21 heavy (non-hydrogen) atoms. The third-order valence-electron chi connectivity index (χ3n) is 2.50. The van der Waals surface area contributed by atoms with Gasteiger partial charge in [-0.1, -0.05) is 0 Å². The number of halogens is 3. The second-order valence-electron chi connectivity index (χ2n) is 3.99. The largest absolute Gasteiger partial charge is 0.480 e. The Balaban J connectivity index is 2.72. The van der Waals surface area contributed by atoms with E-state index in [0.29, 0.717) is 6.07 Å². The number of carbonyl (C=O) groups is 2. The molecule has 0 aliphatic heterocycles. The Bertz CT molecular complexity index is 539. The predicted molar refractivity (Wildman–Crippen MR) is 66.4 cm³/mol. The van der Waals surface area contributed by atoms with Crippen LogP contribution in [0.2, 0.25) is 0 Å². The molecule has 0 bridgehead atoms. The summed E-state index contributed by atoms with van der Waals surface area (Å²) in [7, 11) is 1.36. The van der Waals surface area contributed by atoms with Crippen LogP contribution in [0.3, 0.4) is 0 Å². The average Bonchev–Trinajstić information content (AvgIpc) is 2.43. The zero-order valence-corrected chi connectivity index (χ0v) is 11.0. The van der Waals surface area contributed by atoms with E-state index >= 15 is 0 Å². The van der Waals surface area contributed by atoms with Gasteiger partial charge in [0.25, 0.3) is 0 Å². The minimum atomic E-state index is -1.73. The molecule has 0 aromatic heterocycles. The molecule has 0 fully saturated rings. The number of carbonyl (C=O) groups excluding carboxylic acids is 1. The second-order valence-corrected chi connectivity index (χ2v) is 3.99. The smallest absolute Gasteiger partial charge is 0.326 e. The van der Waals surface area contributed by atoms with Gasteiger partial charge in [0.05, 0.1) is 5.69 Å². The van der Waals surface area contributed by atoms with Crippen LogP contribution in [0.15, 0.2) is 12.1 Å². The third kappa shape index (κ3) is 4.63. The van der Waals surface area contributed by atoms with Crippen molar-refractivity contribution in [1.82, 2.24) is 5.32 Å². The van der Waals surface area contributed by atoms with Crippen molar-refractivity contribution in [2.45, 2.75) is 12.5 Å². The first-order chi connectivity index (χ1) is 9.86. The summed E-state index contributed by atoms with van der Waals surface area (Å²) in [5.41, 5.74) is -0.609. The van der Waals surface area contributed by atoms with Gasteiger partial charge in [-0.05, 0) is 12.1 Å². The van der Waals surface area contributed by atoms with Gasteiger partial charge in [-0.25, -0.2) is 22.8 Å². The van der Waals surface area contributed by atoms with E-state index in [1.165, 1.54) is 7.11 Å². The number of nitrogens with one attached hydrogen (secondary N) is 2. The molecule has 0 aliphatic rings. The highest BCUT2D eigenvalue weighted by atomic mass is 19.2. The molecule has 0 radical (unpaired) electrons. The van der Waals surface area contributed by atoms with Gasteiger partial charge >= 0.3 is 12.0 Å². The fourth-order valence-corrected chi connectivity index (χ4v) is 1.43. The third-order valence-corrected chi connectivity index (χ3v) is 2.50. The van der Waals surface area contributed by atoms with E-state index in [9.17, 15) is 22.8 Å². The van der Waals surface area contributed by atoms with Crippen LogP contribution in [-0.4, -0.2) is 36.9 Å². The van der Waals surface area contributed by atoms with Crippen molar-refractivity contribution in [2.24, 2.45) is 0 Å². The Morgan fingerprint density at radius 2 is 1.95 bits per heavy atom. The number of aliphatic carboxylic acids is 1. The van der Waals surface area contributed by atoms with Crippen LogP contribution in [0.25, 0.3) is 0 Å². The van der Waals surface area contributed by atoms with Crippen molar-refractivity contribution in [3.63, 3.8) is 0 Å². The highest BCUT2D eigenvalue weighted by molar-refractivity contribution is 5.92. The molecule has 0 spiro atoms. The van der Waals surface area contributed by atoms with E-state index in [4.69, 9.17) is 5.11 Å². The quantitative estimate of drug-likeness (QED) is 0.698. The Morgan fingerprint density at radius 1 is 1.29 bits per heavy atom. The number of methoxy groups -OCH3 is 1. The zero-order valence-electron chi connectivity index (χ0n) is 11.0. The topological polar surface area (TPSA) is 87.7 Å². The molecular formula is C12H13F3N2O4. The molecule has 0 aliphatic carbocycles. The Kier molecular flexibility index (Phi) is 5.97. The summed E-state index contributed by atoms with van der Waals surface area (Å²) in [6.07, 6.45) is -0.0144. The molecule has 1 unspecified atom stereocenters. The van der Waals surface area contributed by atoms with Crippen LogP contribution < -0.4 is 10.6 Å². The summed E-state index contributed by atoms with van der Waals surface area (Å²) in [5, 5.41) is 12.8. The van der Waals surface area contributed by atoms with Crippen molar-refractivity contribution in [1.29, 1.82) is 0 Å². The van der Waals surface area contributed by atoms with E-state index in [0.717, 1.165) is 6.07 Å². The van der Waals surface area contributed by atoms with Crippen LogP contribution in [0.5, 0.6) is 0 Å². The van der Waals surface area contributed by atoms with Crippen LogP contribution in [0, 0.1) is 17.5 Å². The van der Waals surface area contributed by atoms with Crippen LogP contribution in [0.4, 0.5) is 23.7 Å². The molecule has 0 heterocycles. The molecule has 1 aromatic rings. The second kappa shape index (κ2) is 7.48. The fraction of sp³-hybridized carbons (Fsp3) is 0.333. The summed E-state index contributed by atoms with van der Waals surface area (Å²) >= 11 is 0. The SMILES string of the molecule is COCCC(NC(=O)Nc1ccc(F)c(F)c1F)C(=O)O. The number of benzene rings is 1. The molecule has 3 N–H and O–H groups in total. The molecule has 0 saturated heterocycles. The summed E-state index contributed by atoms with van der Waals surface area (Å²) in [5.74, 6) is -6.02.